The smallest absolute Gasteiger partial charge is 0.321 e. The first-order valence-electron chi connectivity index (χ1n) is 9.91. The van der Waals surface area contributed by atoms with E-state index in [9.17, 15) is 10.1 Å². The maximum absolute atomic E-state index is 12.3. The zero-order chi connectivity index (χ0) is 20.5. The quantitative estimate of drug-likeness (QED) is 0.724. The monoisotopic (exact) mass is 388 g/mol. The van der Waals surface area contributed by atoms with Gasteiger partial charge in [0.15, 0.2) is 0 Å². The van der Waals surface area contributed by atoms with Crippen molar-refractivity contribution in [3.63, 3.8) is 0 Å². The number of methoxy groups -OCH3 is 1. The number of nitriles is 1. The highest BCUT2D eigenvalue weighted by Crippen LogP contribution is 2.38. The lowest BCUT2D eigenvalue weighted by Gasteiger charge is -2.18. The molecule has 0 aliphatic carbocycles. The van der Waals surface area contributed by atoms with Gasteiger partial charge in [0.05, 0.1) is 23.9 Å². The molecule has 148 valence electrons. The molecule has 0 atom stereocenters. The molecule has 0 spiro atoms. The van der Waals surface area contributed by atoms with Crippen molar-refractivity contribution in [3.05, 3.63) is 47.5 Å². The minimum absolute atomic E-state index is 0.0634. The molecule has 0 saturated carbocycles. The predicted octanol–water partition coefficient (Wildman–Crippen LogP) is 4.30. The molecule has 29 heavy (non-hydrogen) atoms. The summed E-state index contributed by atoms with van der Waals surface area (Å²) in [4.78, 5) is 14.1. The van der Waals surface area contributed by atoms with E-state index < -0.39 is 0 Å². The molecule has 2 heterocycles. The number of carbonyl (C=O) groups excluding carboxylic acids is 1. The average Bonchev–Trinajstić information content (AvgIpc) is 3.31. The van der Waals surface area contributed by atoms with Crippen LogP contribution in [-0.2, 0) is 13.0 Å². The molecule has 0 radical (unpaired) electrons. The van der Waals surface area contributed by atoms with Gasteiger partial charge in [0.1, 0.15) is 11.8 Å². The number of amides is 2. The number of hydrogen-bond donors (Lipinski definition) is 1. The summed E-state index contributed by atoms with van der Waals surface area (Å²) in [6.07, 6.45) is 0.808. The highest BCUT2D eigenvalue weighted by atomic mass is 16.5. The highest BCUT2D eigenvalue weighted by molar-refractivity contribution is 5.97. The van der Waals surface area contributed by atoms with Gasteiger partial charge in [0.25, 0.3) is 0 Å². The van der Waals surface area contributed by atoms with Gasteiger partial charge in [-0.1, -0.05) is 6.07 Å². The summed E-state index contributed by atoms with van der Waals surface area (Å²) in [6.45, 7) is 6.01. The number of carbonyl (C=O) groups is 1. The molecule has 6 heteroatoms. The van der Waals surface area contributed by atoms with Crippen LogP contribution in [0.25, 0.3) is 22.2 Å². The van der Waals surface area contributed by atoms with E-state index >= 15 is 0 Å². The maximum Gasteiger partial charge on any atom is 0.321 e. The lowest BCUT2D eigenvalue weighted by Crippen LogP contribution is -2.38. The third kappa shape index (κ3) is 2.99. The number of ether oxygens (including phenoxy) is 1. The second kappa shape index (κ2) is 7.51. The zero-order valence-electron chi connectivity index (χ0n) is 17.0. The standard InChI is InChI=1S/C23H24N4O2/c1-4-25-23(28)27-11-10-15-12-16(6-9-20(15)27)22-19(14-24)18-8-7-17(29-3)13-21(18)26(22)5-2/h6-9,12-13H,4-5,10-11H2,1-3H3,(H,25,28). The number of nitrogens with one attached hydrogen (secondary N) is 1. The topological polar surface area (TPSA) is 70.3 Å². The molecule has 6 nitrogen and oxygen atoms in total. The van der Waals surface area contributed by atoms with E-state index in [2.05, 4.69) is 28.9 Å². The van der Waals surface area contributed by atoms with Crippen LogP contribution in [0, 0.1) is 11.3 Å². The molecule has 1 aromatic heterocycles. The third-order valence-electron chi connectivity index (χ3n) is 5.52. The SMILES string of the molecule is CCNC(=O)N1CCc2cc(-c3c(C#N)c4ccc(OC)cc4n3CC)ccc21. The second-order valence-electron chi connectivity index (χ2n) is 7.04. The van der Waals surface area contributed by atoms with Gasteiger partial charge in [-0.05, 0) is 55.7 Å². The molecule has 0 bridgehead atoms. The van der Waals surface area contributed by atoms with Gasteiger partial charge in [-0.25, -0.2) is 4.79 Å². The highest BCUT2D eigenvalue weighted by Gasteiger charge is 2.26. The number of aryl methyl sites for hydroxylation is 1. The Kier molecular flexibility index (Phi) is 4.89. The molecule has 1 aliphatic heterocycles. The Morgan fingerprint density at radius 2 is 2.07 bits per heavy atom. The van der Waals surface area contributed by atoms with E-state index in [0.29, 0.717) is 18.7 Å². The number of hydrogen-bond acceptors (Lipinski definition) is 3. The first-order chi connectivity index (χ1) is 14.1. The Labute approximate surface area is 170 Å². The molecular weight excluding hydrogens is 364 g/mol. The van der Waals surface area contributed by atoms with E-state index in [4.69, 9.17) is 4.74 Å². The summed E-state index contributed by atoms with van der Waals surface area (Å²) < 4.78 is 7.55. The normalized spacial score (nSPS) is 12.7. The van der Waals surface area contributed by atoms with E-state index in [-0.39, 0.29) is 6.03 Å². The largest absolute Gasteiger partial charge is 0.497 e. The number of aromatic nitrogens is 1. The van der Waals surface area contributed by atoms with Crippen molar-refractivity contribution >= 4 is 22.6 Å². The van der Waals surface area contributed by atoms with Gasteiger partial charge < -0.3 is 14.6 Å². The number of fused-ring (bicyclic) bond motifs is 2. The Morgan fingerprint density at radius 1 is 1.24 bits per heavy atom. The van der Waals surface area contributed by atoms with Crippen LogP contribution in [0.4, 0.5) is 10.5 Å². The van der Waals surface area contributed by atoms with Gasteiger partial charge in [-0.2, -0.15) is 5.26 Å². The van der Waals surface area contributed by atoms with E-state index in [0.717, 1.165) is 52.1 Å². The van der Waals surface area contributed by atoms with Crippen LogP contribution < -0.4 is 15.0 Å². The fourth-order valence-electron chi connectivity index (χ4n) is 4.20. The molecule has 2 aromatic carbocycles. The van der Waals surface area contributed by atoms with Crippen molar-refractivity contribution in [2.24, 2.45) is 0 Å². The van der Waals surface area contributed by atoms with Crippen LogP contribution >= 0.6 is 0 Å². The zero-order valence-corrected chi connectivity index (χ0v) is 17.0. The minimum atomic E-state index is -0.0634. The fourth-order valence-corrected chi connectivity index (χ4v) is 4.20. The minimum Gasteiger partial charge on any atom is -0.497 e. The van der Waals surface area contributed by atoms with Crippen molar-refractivity contribution < 1.29 is 9.53 Å². The Balaban J connectivity index is 1.86. The van der Waals surface area contributed by atoms with Crippen LogP contribution in [0.15, 0.2) is 36.4 Å². The molecule has 2 amide bonds. The van der Waals surface area contributed by atoms with E-state index in [1.807, 2.05) is 37.3 Å². The number of urea groups is 1. The van der Waals surface area contributed by atoms with Crippen LogP contribution in [0.5, 0.6) is 5.75 Å². The first kappa shape index (κ1) is 18.9. The Bertz CT molecular complexity index is 1140. The summed E-state index contributed by atoms with van der Waals surface area (Å²) in [5, 5.41) is 13.7. The summed E-state index contributed by atoms with van der Waals surface area (Å²) >= 11 is 0. The molecule has 3 aromatic rings. The third-order valence-corrected chi connectivity index (χ3v) is 5.52. The number of rotatable bonds is 4. The maximum atomic E-state index is 12.3. The fraction of sp³-hybridized carbons (Fsp3) is 0.304. The molecule has 4 rings (SSSR count). The van der Waals surface area contributed by atoms with Crippen molar-refractivity contribution in [1.82, 2.24) is 9.88 Å². The molecular formula is C23H24N4O2. The van der Waals surface area contributed by atoms with E-state index in [1.54, 1.807) is 12.0 Å². The van der Waals surface area contributed by atoms with Crippen LogP contribution in [0.2, 0.25) is 0 Å². The van der Waals surface area contributed by atoms with Gasteiger partial charge >= 0.3 is 6.03 Å². The van der Waals surface area contributed by atoms with Gasteiger partial charge in [0.2, 0.25) is 0 Å². The van der Waals surface area contributed by atoms with E-state index in [1.165, 1.54) is 0 Å². The Hall–Kier alpha value is -3.46. The van der Waals surface area contributed by atoms with Crippen LogP contribution in [0.3, 0.4) is 0 Å². The molecule has 0 unspecified atom stereocenters. The van der Waals surface area contributed by atoms with Gasteiger partial charge in [-0.3, -0.25) is 4.90 Å². The lowest BCUT2D eigenvalue weighted by atomic mass is 10.0. The number of nitrogens with zero attached hydrogens (tertiary/aromatic N) is 3. The molecule has 1 aliphatic rings. The van der Waals surface area contributed by atoms with Crippen molar-refractivity contribution in [3.8, 4) is 23.1 Å². The average molecular weight is 388 g/mol. The van der Waals surface area contributed by atoms with Crippen molar-refractivity contribution in [1.29, 1.82) is 5.26 Å². The first-order valence-corrected chi connectivity index (χ1v) is 9.91. The van der Waals surface area contributed by atoms with Crippen molar-refractivity contribution in [2.75, 3.05) is 25.1 Å². The van der Waals surface area contributed by atoms with Gasteiger partial charge in [-0.15, -0.1) is 0 Å². The summed E-state index contributed by atoms with van der Waals surface area (Å²) in [7, 11) is 1.65. The van der Waals surface area contributed by atoms with Crippen LogP contribution in [0.1, 0.15) is 25.0 Å². The predicted molar refractivity (Wildman–Crippen MR) is 114 cm³/mol. The molecule has 1 N–H and O–H groups in total. The number of anilines is 1. The summed E-state index contributed by atoms with van der Waals surface area (Å²) in [5.74, 6) is 0.771. The van der Waals surface area contributed by atoms with Crippen molar-refractivity contribution in [2.45, 2.75) is 26.8 Å². The van der Waals surface area contributed by atoms with Gasteiger partial charge in [0, 0.05) is 36.8 Å². The number of benzene rings is 2. The summed E-state index contributed by atoms with van der Waals surface area (Å²) in [5.41, 5.74) is 5.64. The Morgan fingerprint density at radius 3 is 2.76 bits per heavy atom. The summed E-state index contributed by atoms with van der Waals surface area (Å²) in [6, 6.07) is 14.3. The lowest BCUT2D eigenvalue weighted by molar-refractivity contribution is 0.247. The molecule has 0 fully saturated rings. The second-order valence-corrected chi connectivity index (χ2v) is 7.04. The molecule has 0 saturated heterocycles. The van der Waals surface area contributed by atoms with Crippen LogP contribution in [-0.4, -0.2) is 30.8 Å².